The molecule has 5 heteroatoms. The molecule has 1 aromatic heterocycles. The standard InChI is InChI=1S/C15H20N4O/c1-12-10-14(17-11-13-6-4-3-5-7-13)19-15(18-12)16-8-9-20-2/h3-7,10H,8-9,11H2,1-2H3,(H2,16,17,18,19). The van der Waals surface area contributed by atoms with Crippen LogP contribution in [0.5, 0.6) is 0 Å². The SMILES string of the molecule is COCCNc1nc(C)cc(NCc2ccccc2)n1. The van der Waals surface area contributed by atoms with E-state index >= 15 is 0 Å². The van der Waals surface area contributed by atoms with Crippen molar-refractivity contribution in [2.75, 3.05) is 30.9 Å². The van der Waals surface area contributed by atoms with Crippen LogP contribution in [0.2, 0.25) is 0 Å². The molecule has 20 heavy (non-hydrogen) atoms. The fourth-order valence-corrected chi connectivity index (χ4v) is 1.79. The largest absolute Gasteiger partial charge is 0.383 e. The molecule has 1 aromatic carbocycles. The van der Waals surface area contributed by atoms with Crippen LogP contribution in [0.4, 0.5) is 11.8 Å². The van der Waals surface area contributed by atoms with E-state index in [2.05, 4.69) is 32.7 Å². The molecule has 0 fully saturated rings. The smallest absolute Gasteiger partial charge is 0.224 e. The second-order valence-electron chi connectivity index (χ2n) is 4.48. The van der Waals surface area contributed by atoms with Crippen molar-refractivity contribution >= 4 is 11.8 Å². The number of methoxy groups -OCH3 is 1. The lowest BCUT2D eigenvalue weighted by Crippen LogP contribution is -2.12. The van der Waals surface area contributed by atoms with E-state index in [0.717, 1.165) is 18.1 Å². The summed E-state index contributed by atoms with van der Waals surface area (Å²) in [4.78, 5) is 8.77. The molecule has 1 heterocycles. The molecule has 0 amide bonds. The second-order valence-corrected chi connectivity index (χ2v) is 4.48. The third-order valence-corrected chi connectivity index (χ3v) is 2.76. The first-order valence-corrected chi connectivity index (χ1v) is 6.64. The molecule has 0 saturated heterocycles. The van der Waals surface area contributed by atoms with Crippen molar-refractivity contribution in [2.24, 2.45) is 0 Å². The number of hydrogen-bond donors (Lipinski definition) is 2. The summed E-state index contributed by atoms with van der Waals surface area (Å²) in [6.07, 6.45) is 0. The molecule has 2 N–H and O–H groups in total. The summed E-state index contributed by atoms with van der Waals surface area (Å²) in [5.41, 5.74) is 2.15. The van der Waals surface area contributed by atoms with Crippen LogP contribution in [-0.2, 0) is 11.3 Å². The molecule has 0 aliphatic rings. The van der Waals surface area contributed by atoms with Crippen LogP contribution in [0.15, 0.2) is 36.4 Å². The zero-order valence-corrected chi connectivity index (χ0v) is 11.9. The lowest BCUT2D eigenvalue weighted by Gasteiger charge is -2.09. The van der Waals surface area contributed by atoms with E-state index in [1.54, 1.807) is 7.11 Å². The number of anilines is 2. The number of ether oxygens (including phenoxy) is 1. The van der Waals surface area contributed by atoms with Gasteiger partial charge in [-0.1, -0.05) is 30.3 Å². The van der Waals surface area contributed by atoms with Crippen molar-refractivity contribution in [1.82, 2.24) is 9.97 Å². The summed E-state index contributed by atoms with van der Waals surface area (Å²) >= 11 is 0. The fourth-order valence-electron chi connectivity index (χ4n) is 1.79. The number of benzene rings is 1. The Labute approximate surface area is 119 Å². The van der Waals surface area contributed by atoms with Gasteiger partial charge in [-0.25, -0.2) is 4.98 Å². The van der Waals surface area contributed by atoms with Gasteiger partial charge >= 0.3 is 0 Å². The van der Waals surface area contributed by atoms with E-state index in [1.165, 1.54) is 5.56 Å². The molecule has 0 aliphatic heterocycles. The van der Waals surface area contributed by atoms with Crippen LogP contribution < -0.4 is 10.6 Å². The quantitative estimate of drug-likeness (QED) is 0.758. The highest BCUT2D eigenvalue weighted by Crippen LogP contribution is 2.11. The first-order valence-electron chi connectivity index (χ1n) is 6.64. The maximum absolute atomic E-state index is 5.00. The molecule has 0 unspecified atom stereocenters. The molecule has 2 aromatic rings. The van der Waals surface area contributed by atoms with Crippen molar-refractivity contribution in [3.63, 3.8) is 0 Å². The van der Waals surface area contributed by atoms with Gasteiger partial charge in [0.15, 0.2) is 0 Å². The molecule has 0 saturated carbocycles. The number of aryl methyl sites for hydroxylation is 1. The van der Waals surface area contributed by atoms with Crippen LogP contribution in [0.1, 0.15) is 11.3 Å². The summed E-state index contributed by atoms with van der Waals surface area (Å²) in [7, 11) is 1.67. The third kappa shape index (κ3) is 4.51. The Morgan fingerprint density at radius 2 is 1.90 bits per heavy atom. The molecule has 0 bridgehead atoms. The minimum atomic E-state index is 0.623. The molecule has 0 atom stereocenters. The first kappa shape index (κ1) is 14.3. The van der Waals surface area contributed by atoms with E-state index in [9.17, 15) is 0 Å². The Balaban J connectivity index is 1.97. The average Bonchev–Trinajstić information content (AvgIpc) is 2.46. The first-order chi connectivity index (χ1) is 9.78. The molecular weight excluding hydrogens is 252 g/mol. The summed E-state index contributed by atoms with van der Waals surface area (Å²) < 4.78 is 5.00. The van der Waals surface area contributed by atoms with Gasteiger partial charge < -0.3 is 15.4 Å². The van der Waals surface area contributed by atoms with Crippen LogP contribution in [0.25, 0.3) is 0 Å². The minimum absolute atomic E-state index is 0.623. The van der Waals surface area contributed by atoms with Crippen LogP contribution >= 0.6 is 0 Å². The van der Waals surface area contributed by atoms with Gasteiger partial charge in [0.2, 0.25) is 5.95 Å². The number of aromatic nitrogens is 2. The van der Waals surface area contributed by atoms with E-state index in [0.29, 0.717) is 19.1 Å². The predicted molar refractivity (Wildman–Crippen MR) is 80.9 cm³/mol. The van der Waals surface area contributed by atoms with Gasteiger partial charge in [0.1, 0.15) is 5.82 Å². The second kappa shape index (κ2) is 7.45. The summed E-state index contributed by atoms with van der Waals surface area (Å²) in [5, 5.41) is 6.45. The Bertz CT molecular complexity index is 531. The van der Waals surface area contributed by atoms with Crippen LogP contribution in [0, 0.1) is 6.92 Å². The summed E-state index contributed by atoms with van der Waals surface area (Å²) in [5.74, 6) is 1.44. The van der Waals surface area contributed by atoms with E-state index < -0.39 is 0 Å². The van der Waals surface area contributed by atoms with E-state index in [-0.39, 0.29) is 0 Å². The highest BCUT2D eigenvalue weighted by Gasteiger charge is 2.01. The molecule has 2 rings (SSSR count). The Hall–Kier alpha value is -2.14. The Morgan fingerprint density at radius 3 is 2.65 bits per heavy atom. The topological polar surface area (TPSA) is 59.1 Å². The zero-order valence-electron chi connectivity index (χ0n) is 11.9. The minimum Gasteiger partial charge on any atom is -0.383 e. The number of hydrogen-bond acceptors (Lipinski definition) is 5. The van der Waals surface area contributed by atoms with Crippen molar-refractivity contribution < 1.29 is 4.74 Å². The lowest BCUT2D eigenvalue weighted by atomic mass is 10.2. The fraction of sp³-hybridized carbons (Fsp3) is 0.333. The molecule has 5 nitrogen and oxygen atoms in total. The van der Waals surface area contributed by atoms with Gasteiger partial charge in [0.25, 0.3) is 0 Å². The van der Waals surface area contributed by atoms with Crippen molar-refractivity contribution in [3.8, 4) is 0 Å². The molecule has 106 valence electrons. The summed E-state index contributed by atoms with van der Waals surface area (Å²) in [6.45, 7) is 4.02. The van der Waals surface area contributed by atoms with Crippen LogP contribution in [-0.4, -0.2) is 30.2 Å². The van der Waals surface area contributed by atoms with Gasteiger partial charge in [-0.3, -0.25) is 0 Å². The molecule has 0 spiro atoms. The van der Waals surface area contributed by atoms with Gasteiger partial charge in [0.05, 0.1) is 6.61 Å². The number of nitrogens with zero attached hydrogens (tertiary/aromatic N) is 2. The lowest BCUT2D eigenvalue weighted by molar-refractivity contribution is 0.210. The van der Waals surface area contributed by atoms with Gasteiger partial charge in [-0.05, 0) is 12.5 Å². The molecule has 0 radical (unpaired) electrons. The van der Waals surface area contributed by atoms with Gasteiger partial charge in [-0.15, -0.1) is 0 Å². The normalized spacial score (nSPS) is 10.3. The highest BCUT2D eigenvalue weighted by molar-refractivity contribution is 5.42. The van der Waals surface area contributed by atoms with Gasteiger partial charge in [0, 0.05) is 32.0 Å². The highest BCUT2D eigenvalue weighted by atomic mass is 16.5. The maximum atomic E-state index is 5.00. The molecule has 0 aliphatic carbocycles. The van der Waals surface area contributed by atoms with E-state index in [4.69, 9.17) is 4.74 Å². The summed E-state index contributed by atoms with van der Waals surface area (Å²) in [6, 6.07) is 12.2. The van der Waals surface area contributed by atoms with Crippen LogP contribution in [0.3, 0.4) is 0 Å². The Morgan fingerprint density at radius 1 is 1.10 bits per heavy atom. The third-order valence-electron chi connectivity index (χ3n) is 2.76. The molecular formula is C15H20N4O. The average molecular weight is 272 g/mol. The number of nitrogens with one attached hydrogen (secondary N) is 2. The monoisotopic (exact) mass is 272 g/mol. The van der Waals surface area contributed by atoms with Gasteiger partial charge in [-0.2, -0.15) is 4.98 Å². The number of rotatable bonds is 7. The maximum Gasteiger partial charge on any atom is 0.224 e. The zero-order chi connectivity index (χ0) is 14.2. The predicted octanol–water partition coefficient (Wildman–Crippen LogP) is 2.46. The Kier molecular flexibility index (Phi) is 5.32. The van der Waals surface area contributed by atoms with E-state index in [1.807, 2.05) is 31.2 Å². The van der Waals surface area contributed by atoms with Crippen molar-refractivity contribution in [2.45, 2.75) is 13.5 Å². The van der Waals surface area contributed by atoms with Crippen molar-refractivity contribution in [3.05, 3.63) is 47.7 Å². The van der Waals surface area contributed by atoms with Crippen molar-refractivity contribution in [1.29, 1.82) is 0 Å².